The standard InChI is InChI=1S/C23H22FN3O2S/c1-3-21(28)26(2)23-25-19(14-30-23)15-9-10-20-16(12-15)7-5-11-27(20)22(29)17-6-4-8-18(24)13-17/h4,6,8-10,12-14H,3,5,7,11H2,1-2H3. The fraction of sp³-hybridized carbons (Fsp3) is 0.261. The molecule has 30 heavy (non-hydrogen) atoms. The van der Waals surface area contributed by atoms with Gasteiger partial charge in [0.25, 0.3) is 5.91 Å². The molecule has 2 amide bonds. The van der Waals surface area contributed by atoms with Crippen LogP contribution in [0.3, 0.4) is 0 Å². The van der Waals surface area contributed by atoms with Crippen molar-refractivity contribution >= 4 is 34.0 Å². The average Bonchev–Trinajstić information content (AvgIpc) is 3.27. The van der Waals surface area contributed by atoms with E-state index >= 15 is 0 Å². The molecule has 0 spiro atoms. The highest BCUT2D eigenvalue weighted by atomic mass is 32.1. The molecule has 2 heterocycles. The van der Waals surface area contributed by atoms with Crippen LogP contribution in [0.1, 0.15) is 35.7 Å². The summed E-state index contributed by atoms with van der Waals surface area (Å²) < 4.78 is 13.6. The topological polar surface area (TPSA) is 53.5 Å². The van der Waals surface area contributed by atoms with Gasteiger partial charge in [0.05, 0.1) is 5.69 Å². The minimum Gasteiger partial charge on any atom is -0.308 e. The summed E-state index contributed by atoms with van der Waals surface area (Å²) in [6.07, 6.45) is 2.13. The Morgan fingerprint density at radius 2 is 2.07 bits per heavy atom. The quantitative estimate of drug-likeness (QED) is 0.599. The number of carbonyl (C=O) groups excluding carboxylic acids is 2. The van der Waals surface area contributed by atoms with Crippen molar-refractivity contribution in [3.05, 3.63) is 64.8 Å². The van der Waals surface area contributed by atoms with Gasteiger partial charge in [0.1, 0.15) is 5.82 Å². The summed E-state index contributed by atoms with van der Waals surface area (Å²) in [5, 5.41) is 2.60. The molecule has 0 bridgehead atoms. The van der Waals surface area contributed by atoms with E-state index in [4.69, 9.17) is 0 Å². The number of carbonyl (C=O) groups is 2. The van der Waals surface area contributed by atoms with Gasteiger partial charge in [-0.3, -0.25) is 14.5 Å². The maximum absolute atomic E-state index is 13.6. The van der Waals surface area contributed by atoms with E-state index in [9.17, 15) is 14.0 Å². The SMILES string of the molecule is CCC(=O)N(C)c1nc(-c2ccc3c(c2)CCCN3C(=O)c2cccc(F)c2)cs1. The summed E-state index contributed by atoms with van der Waals surface area (Å²) in [5.74, 6) is -0.592. The fourth-order valence-electron chi connectivity index (χ4n) is 3.64. The Labute approximate surface area is 178 Å². The smallest absolute Gasteiger partial charge is 0.258 e. The first-order valence-electron chi connectivity index (χ1n) is 9.90. The summed E-state index contributed by atoms with van der Waals surface area (Å²) in [6.45, 7) is 2.43. The zero-order chi connectivity index (χ0) is 21.3. The predicted octanol–water partition coefficient (Wildman–Crippen LogP) is 4.92. The molecular formula is C23H22FN3O2S. The fourth-order valence-corrected chi connectivity index (χ4v) is 4.46. The molecule has 1 aromatic heterocycles. The van der Waals surface area contributed by atoms with E-state index in [0.717, 1.165) is 35.3 Å². The number of anilines is 2. The maximum Gasteiger partial charge on any atom is 0.258 e. The molecule has 0 fully saturated rings. The second-order valence-electron chi connectivity index (χ2n) is 7.24. The molecule has 0 saturated heterocycles. The molecule has 7 heteroatoms. The van der Waals surface area contributed by atoms with Crippen LogP contribution in [0.25, 0.3) is 11.3 Å². The van der Waals surface area contributed by atoms with Crippen molar-refractivity contribution < 1.29 is 14.0 Å². The zero-order valence-corrected chi connectivity index (χ0v) is 17.7. The number of fused-ring (bicyclic) bond motifs is 1. The molecule has 0 radical (unpaired) electrons. The summed E-state index contributed by atoms with van der Waals surface area (Å²) in [4.78, 5) is 32.8. The Morgan fingerprint density at radius 1 is 1.23 bits per heavy atom. The number of halogens is 1. The summed E-state index contributed by atoms with van der Waals surface area (Å²) >= 11 is 1.43. The second-order valence-corrected chi connectivity index (χ2v) is 8.07. The van der Waals surface area contributed by atoms with E-state index < -0.39 is 5.82 Å². The lowest BCUT2D eigenvalue weighted by atomic mass is 9.97. The molecule has 1 aliphatic rings. The van der Waals surface area contributed by atoms with Gasteiger partial charge in [-0.1, -0.05) is 19.1 Å². The summed E-state index contributed by atoms with van der Waals surface area (Å²) in [6, 6.07) is 11.7. The largest absolute Gasteiger partial charge is 0.308 e. The zero-order valence-electron chi connectivity index (χ0n) is 16.9. The van der Waals surface area contributed by atoms with Crippen molar-refractivity contribution in [1.29, 1.82) is 0 Å². The number of nitrogens with zero attached hydrogens (tertiary/aromatic N) is 3. The molecular weight excluding hydrogens is 401 g/mol. The van der Waals surface area contributed by atoms with E-state index in [2.05, 4.69) is 11.1 Å². The second kappa shape index (κ2) is 8.36. The minimum atomic E-state index is -0.417. The van der Waals surface area contributed by atoms with E-state index in [1.54, 1.807) is 29.0 Å². The van der Waals surface area contributed by atoms with Crippen molar-refractivity contribution in [2.75, 3.05) is 23.4 Å². The van der Waals surface area contributed by atoms with Crippen molar-refractivity contribution in [3.63, 3.8) is 0 Å². The van der Waals surface area contributed by atoms with Crippen LogP contribution in [0, 0.1) is 5.82 Å². The molecule has 1 aliphatic heterocycles. The third kappa shape index (κ3) is 3.85. The Kier molecular flexibility index (Phi) is 5.63. The summed E-state index contributed by atoms with van der Waals surface area (Å²) in [7, 11) is 1.73. The monoisotopic (exact) mass is 423 g/mol. The molecule has 2 aromatic carbocycles. The molecule has 4 rings (SSSR count). The first kappa shape index (κ1) is 20.2. The van der Waals surface area contributed by atoms with Gasteiger partial charge in [-0.2, -0.15) is 0 Å². The van der Waals surface area contributed by atoms with E-state index in [1.807, 2.05) is 24.4 Å². The number of rotatable bonds is 4. The van der Waals surface area contributed by atoms with E-state index in [0.29, 0.717) is 23.7 Å². The molecule has 5 nitrogen and oxygen atoms in total. The van der Waals surface area contributed by atoms with Crippen molar-refractivity contribution in [3.8, 4) is 11.3 Å². The first-order chi connectivity index (χ1) is 14.5. The normalized spacial score (nSPS) is 13.1. The Bertz CT molecular complexity index is 1110. The lowest BCUT2D eigenvalue weighted by Gasteiger charge is -2.30. The van der Waals surface area contributed by atoms with Crippen molar-refractivity contribution in [2.24, 2.45) is 0 Å². The minimum absolute atomic E-state index is 0.0212. The van der Waals surface area contributed by atoms with Gasteiger partial charge in [-0.25, -0.2) is 9.37 Å². The lowest BCUT2D eigenvalue weighted by molar-refractivity contribution is -0.118. The number of thiazole rings is 1. The van der Waals surface area contributed by atoms with E-state index in [1.165, 1.54) is 23.5 Å². The highest BCUT2D eigenvalue weighted by Gasteiger charge is 2.24. The predicted molar refractivity (Wildman–Crippen MR) is 118 cm³/mol. The molecule has 0 atom stereocenters. The Balaban J connectivity index is 1.62. The Hall–Kier alpha value is -3.06. The van der Waals surface area contributed by atoms with Crippen LogP contribution < -0.4 is 9.80 Å². The molecule has 0 N–H and O–H groups in total. The number of hydrogen-bond donors (Lipinski definition) is 0. The van der Waals surface area contributed by atoms with Crippen LogP contribution in [0.2, 0.25) is 0 Å². The van der Waals surface area contributed by atoms with Crippen LogP contribution >= 0.6 is 11.3 Å². The number of hydrogen-bond acceptors (Lipinski definition) is 4. The van der Waals surface area contributed by atoms with Gasteiger partial charge in [-0.05, 0) is 48.7 Å². The molecule has 3 aromatic rings. The third-order valence-electron chi connectivity index (χ3n) is 5.27. The van der Waals surface area contributed by atoms with Crippen LogP contribution in [0.4, 0.5) is 15.2 Å². The first-order valence-corrected chi connectivity index (χ1v) is 10.8. The van der Waals surface area contributed by atoms with E-state index in [-0.39, 0.29) is 11.8 Å². The van der Waals surface area contributed by atoms with Gasteiger partial charge in [0.2, 0.25) is 5.91 Å². The third-order valence-corrected chi connectivity index (χ3v) is 6.18. The number of aromatic nitrogens is 1. The molecule has 0 aliphatic carbocycles. The highest BCUT2D eigenvalue weighted by molar-refractivity contribution is 7.14. The Morgan fingerprint density at radius 3 is 2.83 bits per heavy atom. The number of aryl methyl sites for hydroxylation is 1. The molecule has 0 saturated carbocycles. The lowest BCUT2D eigenvalue weighted by Crippen LogP contribution is -2.35. The molecule has 0 unspecified atom stereocenters. The van der Waals surface area contributed by atoms with Crippen LogP contribution in [-0.2, 0) is 11.2 Å². The molecule has 154 valence electrons. The number of benzene rings is 2. The van der Waals surface area contributed by atoms with Crippen molar-refractivity contribution in [2.45, 2.75) is 26.2 Å². The maximum atomic E-state index is 13.6. The van der Waals surface area contributed by atoms with Crippen LogP contribution in [0.15, 0.2) is 47.8 Å². The average molecular weight is 424 g/mol. The van der Waals surface area contributed by atoms with Gasteiger partial charge in [-0.15, -0.1) is 11.3 Å². The van der Waals surface area contributed by atoms with Gasteiger partial charge in [0.15, 0.2) is 5.13 Å². The van der Waals surface area contributed by atoms with Gasteiger partial charge < -0.3 is 4.90 Å². The van der Waals surface area contributed by atoms with Gasteiger partial charge in [0, 0.05) is 42.2 Å². The van der Waals surface area contributed by atoms with Crippen molar-refractivity contribution in [1.82, 2.24) is 4.98 Å². The van der Waals surface area contributed by atoms with Crippen LogP contribution in [-0.4, -0.2) is 30.4 Å². The highest BCUT2D eigenvalue weighted by Crippen LogP contribution is 2.34. The van der Waals surface area contributed by atoms with Crippen LogP contribution in [0.5, 0.6) is 0 Å². The van der Waals surface area contributed by atoms with Gasteiger partial charge >= 0.3 is 0 Å². The summed E-state index contributed by atoms with van der Waals surface area (Å²) in [5.41, 5.74) is 4.03. The number of amides is 2.